The van der Waals surface area contributed by atoms with Crippen LogP contribution in [0.2, 0.25) is 0 Å². The molecule has 74 heavy (non-hydrogen) atoms. The van der Waals surface area contributed by atoms with Gasteiger partial charge in [-0.05, 0) is 58.8 Å². The van der Waals surface area contributed by atoms with E-state index in [0.717, 1.165) is 19.1 Å². The van der Waals surface area contributed by atoms with E-state index < -0.39 is 11.9 Å². The second kappa shape index (κ2) is 50.1. The van der Waals surface area contributed by atoms with Crippen LogP contribution in [0.5, 0.6) is 0 Å². The average Bonchev–Trinajstić information content (AvgIpc) is 3.36. The Kier molecular flexibility index (Phi) is 46.7. The maximum Gasteiger partial charge on any atom is 0.246 e. The van der Waals surface area contributed by atoms with Crippen molar-refractivity contribution in [3.05, 3.63) is 0 Å². The number of amides is 7. The first-order valence-electron chi connectivity index (χ1n) is 25.4. The monoisotopic (exact) mass is 1060 g/mol. The number of carbonyl (C=O) groups is 10. The zero-order chi connectivity index (χ0) is 54.7. The fourth-order valence-electron chi connectivity index (χ4n) is 6.12. The average molecular weight is 1060 g/mol. The Hall–Kier alpha value is -5.06. The lowest BCUT2D eigenvalue weighted by Gasteiger charge is -2.14. The van der Waals surface area contributed by atoms with Crippen molar-refractivity contribution in [2.24, 2.45) is 11.7 Å². The van der Waals surface area contributed by atoms with Gasteiger partial charge in [0.05, 0.1) is 91.9 Å². The van der Waals surface area contributed by atoms with E-state index in [9.17, 15) is 47.9 Å². The summed E-state index contributed by atoms with van der Waals surface area (Å²) < 4.78 is 42.7. The lowest BCUT2D eigenvalue weighted by atomic mass is 9.97. The molecule has 0 spiro atoms. The fraction of sp³-hybridized carbons (Fsp3) is 0.792. The van der Waals surface area contributed by atoms with E-state index >= 15 is 0 Å². The van der Waals surface area contributed by atoms with Gasteiger partial charge in [0.2, 0.25) is 41.4 Å². The Bertz CT molecular complexity index is 1580. The Morgan fingerprint density at radius 1 is 0.392 bits per heavy atom. The summed E-state index contributed by atoms with van der Waals surface area (Å²) in [6.45, 7) is 7.10. The van der Waals surface area contributed by atoms with Gasteiger partial charge in [-0.1, -0.05) is 6.42 Å². The first-order valence-corrected chi connectivity index (χ1v) is 25.4. The highest BCUT2D eigenvalue weighted by atomic mass is 16.5. The van der Waals surface area contributed by atoms with E-state index in [1.807, 2.05) is 0 Å². The molecule has 26 nitrogen and oxygen atoms in total. The van der Waals surface area contributed by atoms with E-state index in [0.29, 0.717) is 58.0 Å². The fourth-order valence-corrected chi connectivity index (χ4v) is 6.12. The summed E-state index contributed by atoms with van der Waals surface area (Å²) in [4.78, 5) is 116. The van der Waals surface area contributed by atoms with Crippen molar-refractivity contribution in [1.29, 1.82) is 0 Å². The molecular formula is C48H86N8O18. The second-order valence-electron chi connectivity index (χ2n) is 16.8. The van der Waals surface area contributed by atoms with Crippen LogP contribution in [-0.4, -0.2) is 217 Å². The van der Waals surface area contributed by atoms with Crippen LogP contribution in [-0.2, 0) is 85.8 Å². The van der Waals surface area contributed by atoms with Gasteiger partial charge in [0, 0.05) is 64.4 Å². The number of aldehydes is 1. The van der Waals surface area contributed by atoms with Crippen molar-refractivity contribution < 1.29 is 85.8 Å². The number of nitrogens with two attached hydrogens (primary N) is 1. The second-order valence-corrected chi connectivity index (χ2v) is 16.8. The summed E-state index contributed by atoms with van der Waals surface area (Å²) in [6.07, 6.45) is 6.47. The van der Waals surface area contributed by atoms with Gasteiger partial charge in [-0.2, -0.15) is 0 Å². The van der Waals surface area contributed by atoms with Crippen molar-refractivity contribution >= 4 is 59.2 Å². The SMILES string of the molecule is CC(=O)CC[C@H](C=O)CCCCNC(=O)COCCOCCNC(=O)COCCOCCNC(=O)CCCC(=O)NCCOCCOCC(=O)NCCOCCOCC(=O)NCCCC[C@H](NCC(C)=O)C(N)=O. The van der Waals surface area contributed by atoms with Crippen LogP contribution in [0.1, 0.15) is 84.5 Å². The Labute approximate surface area is 435 Å². The van der Waals surface area contributed by atoms with Gasteiger partial charge in [-0.3, -0.25) is 43.7 Å². The normalized spacial score (nSPS) is 11.8. The molecule has 7 amide bonds. The maximum atomic E-state index is 12.1. The van der Waals surface area contributed by atoms with Crippen LogP contribution in [0.15, 0.2) is 0 Å². The number of unbranched alkanes of at least 4 members (excludes halogenated alkanes) is 2. The molecule has 0 heterocycles. The summed E-state index contributed by atoms with van der Waals surface area (Å²) in [6, 6.07) is -0.594. The first-order chi connectivity index (χ1) is 35.7. The molecule has 0 fully saturated rings. The number of ether oxygens (including phenoxy) is 8. The van der Waals surface area contributed by atoms with Gasteiger partial charge < -0.3 is 85.1 Å². The summed E-state index contributed by atoms with van der Waals surface area (Å²) in [5, 5.41) is 19.0. The minimum atomic E-state index is -0.594. The number of primary amides is 1. The van der Waals surface area contributed by atoms with Gasteiger partial charge in [0.25, 0.3) is 0 Å². The van der Waals surface area contributed by atoms with E-state index in [-0.39, 0.29) is 204 Å². The zero-order valence-corrected chi connectivity index (χ0v) is 43.7. The van der Waals surface area contributed by atoms with E-state index in [1.54, 1.807) is 0 Å². The molecule has 0 aromatic rings. The van der Waals surface area contributed by atoms with Crippen LogP contribution >= 0.6 is 0 Å². The minimum absolute atomic E-state index is 0.0689. The number of carbonyl (C=O) groups excluding carboxylic acids is 10. The largest absolute Gasteiger partial charge is 0.377 e. The Balaban J connectivity index is 3.52. The van der Waals surface area contributed by atoms with Crippen LogP contribution in [0, 0.1) is 5.92 Å². The van der Waals surface area contributed by atoms with Gasteiger partial charge in [-0.25, -0.2) is 0 Å². The van der Waals surface area contributed by atoms with Crippen LogP contribution in [0.3, 0.4) is 0 Å². The molecule has 26 heteroatoms. The first kappa shape index (κ1) is 68.9. The summed E-state index contributed by atoms with van der Waals surface area (Å²) in [7, 11) is 0. The van der Waals surface area contributed by atoms with E-state index in [4.69, 9.17) is 43.6 Å². The third-order valence-corrected chi connectivity index (χ3v) is 10.1. The lowest BCUT2D eigenvalue weighted by Crippen LogP contribution is -2.43. The molecule has 0 aliphatic rings. The minimum Gasteiger partial charge on any atom is -0.377 e. The Morgan fingerprint density at radius 2 is 0.743 bits per heavy atom. The summed E-state index contributed by atoms with van der Waals surface area (Å²) >= 11 is 0. The molecule has 0 radical (unpaired) electrons. The van der Waals surface area contributed by atoms with Crippen LogP contribution in [0.25, 0.3) is 0 Å². The molecule has 0 bridgehead atoms. The van der Waals surface area contributed by atoms with Crippen molar-refractivity contribution in [3.63, 3.8) is 0 Å². The standard InChI is InChI=1S/C48H86N8O18/c1-38(58)12-13-40(33-57)8-3-5-14-50-44(62)34-71-28-26-69-22-18-54-46(64)36-73-30-24-67-20-16-52-42(60)10-7-11-43(61)53-17-21-68-25-31-74-37-47(65)55-19-23-70-27-29-72-35-45(63)51-15-6-4-9-41(48(49)66)56-32-39(2)59/h33,40-41,56H,3-32,34-37H2,1-2H3,(H2,49,66)(H,50,62)(H,51,63)(H,52,60)(H,53,61)(H,54,64)(H,55,65)/t40-,41+/m1/s1. The van der Waals surface area contributed by atoms with E-state index in [1.165, 1.54) is 13.8 Å². The zero-order valence-electron chi connectivity index (χ0n) is 43.7. The molecule has 9 N–H and O–H groups in total. The van der Waals surface area contributed by atoms with E-state index in [2.05, 4.69) is 37.2 Å². The number of nitrogens with one attached hydrogen (secondary N) is 7. The molecule has 0 rings (SSSR count). The van der Waals surface area contributed by atoms with Crippen LogP contribution < -0.4 is 43.0 Å². The molecule has 426 valence electrons. The molecule has 0 aliphatic carbocycles. The van der Waals surface area contributed by atoms with Crippen molar-refractivity contribution in [2.45, 2.75) is 90.5 Å². The third-order valence-electron chi connectivity index (χ3n) is 10.1. The summed E-state index contributed by atoms with van der Waals surface area (Å²) in [5.74, 6) is -2.28. The number of Topliss-reactive ketones (excluding diaryl/α,β-unsaturated/α-hetero) is 2. The third kappa shape index (κ3) is 49.2. The smallest absolute Gasteiger partial charge is 0.246 e. The highest BCUT2D eigenvalue weighted by Crippen LogP contribution is 2.12. The molecule has 0 aromatic carbocycles. The number of ketones is 2. The number of hydrogen-bond acceptors (Lipinski definition) is 19. The predicted molar refractivity (Wildman–Crippen MR) is 267 cm³/mol. The summed E-state index contributed by atoms with van der Waals surface area (Å²) in [5.41, 5.74) is 5.34. The highest BCUT2D eigenvalue weighted by molar-refractivity contribution is 5.82. The molecule has 2 atom stereocenters. The maximum absolute atomic E-state index is 12.1. The molecule has 0 aromatic heterocycles. The van der Waals surface area contributed by atoms with Gasteiger partial charge in [0.1, 0.15) is 44.3 Å². The molecule has 0 saturated heterocycles. The lowest BCUT2D eigenvalue weighted by molar-refractivity contribution is -0.127. The quantitative estimate of drug-likeness (QED) is 0.0231. The van der Waals surface area contributed by atoms with Crippen molar-refractivity contribution in [1.82, 2.24) is 37.2 Å². The molecule has 0 unspecified atom stereocenters. The molecule has 0 aliphatic heterocycles. The van der Waals surface area contributed by atoms with Gasteiger partial charge in [0.15, 0.2) is 0 Å². The van der Waals surface area contributed by atoms with Crippen molar-refractivity contribution in [2.75, 3.05) is 152 Å². The number of hydrogen-bond donors (Lipinski definition) is 8. The number of rotatable bonds is 54. The highest BCUT2D eigenvalue weighted by Gasteiger charge is 2.15. The molecule has 0 saturated carbocycles. The van der Waals surface area contributed by atoms with Gasteiger partial charge >= 0.3 is 0 Å². The predicted octanol–water partition coefficient (Wildman–Crippen LogP) is -2.46. The Morgan fingerprint density at radius 3 is 1.09 bits per heavy atom. The van der Waals surface area contributed by atoms with Crippen LogP contribution in [0.4, 0.5) is 0 Å². The van der Waals surface area contributed by atoms with Crippen molar-refractivity contribution in [3.8, 4) is 0 Å². The van der Waals surface area contributed by atoms with Gasteiger partial charge in [-0.15, -0.1) is 0 Å². The topological polar surface area (TPSA) is 355 Å². The molecular weight excluding hydrogens is 977 g/mol.